The Balaban J connectivity index is 2.09. The summed E-state index contributed by atoms with van der Waals surface area (Å²) in [7, 11) is 0. The molecule has 0 saturated heterocycles. The van der Waals surface area contributed by atoms with Crippen LogP contribution in [0.25, 0.3) is 0 Å². The summed E-state index contributed by atoms with van der Waals surface area (Å²) in [6.45, 7) is -0.180. The van der Waals surface area contributed by atoms with Gasteiger partial charge in [0.1, 0.15) is 6.61 Å². The molecule has 1 heterocycles. The Morgan fingerprint density at radius 1 is 1.40 bits per heavy atom. The lowest BCUT2D eigenvalue weighted by Gasteiger charge is -2.04. The number of benzene rings is 1. The zero-order chi connectivity index (χ0) is 14.4. The lowest BCUT2D eigenvalue weighted by atomic mass is 10.3. The van der Waals surface area contributed by atoms with Crippen LogP contribution in [0.1, 0.15) is 14.5 Å². The average molecular weight is 303 g/mol. The van der Waals surface area contributed by atoms with Gasteiger partial charge in [-0.25, -0.2) is 0 Å². The van der Waals surface area contributed by atoms with Gasteiger partial charge in [-0.2, -0.15) is 0 Å². The fourth-order valence-electron chi connectivity index (χ4n) is 1.55. The van der Waals surface area contributed by atoms with Crippen molar-refractivity contribution in [1.29, 1.82) is 0 Å². The molecule has 1 aromatic heterocycles. The molecule has 0 spiro atoms. The molecule has 2 rings (SSSR count). The molecule has 102 valence electrons. The van der Waals surface area contributed by atoms with Crippen LogP contribution in [0.4, 0.5) is 5.69 Å². The number of thioether (sulfide) groups is 1. The molecule has 3 nitrogen and oxygen atoms in total. The van der Waals surface area contributed by atoms with E-state index in [0.717, 1.165) is 15.5 Å². The molecule has 0 atom stereocenters. The number of thiophene rings is 1. The Hall–Kier alpha value is -1.74. The first-order valence-electron chi connectivity index (χ1n) is 5.88. The van der Waals surface area contributed by atoms with E-state index >= 15 is 0 Å². The van der Waals surface area contributed by atoms with Crippen LogP contribution < -0.4 is 5.32 Å². The maximum Gasteiger partial charge on any atom is 0.265 e. The monoisotopic (exact) mass is 303 g/mol. The summed E-state index contributed by atoms with van der Waals surface area (Å²) in [4.78, 5) is 14.6. The van der Waals surface area contributed by atoms with Crippen molar-refractivity contribution >= 4 is 34.7 Å². The molecule has 1 amide bonds. The van der Waals surface area contributed by atoms with Crippen molar-refractivity contribution in [2.75, 3.05) is 18.2 Å². The minimum absolute atomic E-state index is 0.148. The SMILES string of the molecule is CSc1cccc(NC(=O)c2ccc(C#CCO)s2)c1. The second kappa shape index (κ2) is 7.15. The van der Waals surface area contributed by atoms with Gasteiger partial charge < -0.3 is 10.4 Å². The molecule has 5 heteroatoms. The number of aliphatic hydroxyl groups excluding tert-OH is 1. The largest absolute Gasteiger partial charge is 0.384 e. The van der Waals surface area contributed by atoms with Crippen LogP contribution in [-0.4, -0.2) is 23.9 Å². The third-order valence-corrected chi connectivity index (χ3v) is 4.17. The highest BCUT2D eigenvalue weighted by Gasteiger charge is 2.09. The third kappa shape index (κ3) is 3.87. The predicted octanol–water partition coefficient (Wildman–Crippen LogP) is 3.07. The van der Waals surface area contributed by atoms with Gasteiger partial charge in [0.05, 0.1) is 9.75 Å². The van der Waals surface area contributed by atoms with Crippen LogP contribution in [0.3, 0.4) is 0 Å². The predicted molar refractivity (Wildman–Crippen MR) is 84.5 cm³/mol. The Morgan fingerprint density at radius 3 is 3.00 bits per heavy atom. The van der Waals surface area contributed by atoms with E-state index in [1.54, 1.807) is 23.9 Å². The van der Waals surface area contributed by atoms with Crippen molar-refractivity contribution in [2.45, 2.75) is 4.90 Å². The molecule has 0 aliphatic rings. The number of rotatable bonds is 3. The molecule has 0 fully saturated rings. The van der Waals surface area contributed by atoms with E-state index in [-0.39, 0.29) is 12.5 Å². The first kappa shape index (κ1) is 14.7. The fraction of sp³-hybridized carbons (Fsp3) is 0.133. The van der Waals surface area contributed by atoms with Gasteiger partial charge in [0.25, 0.3) is 5.91 Å². The topological polar surface area (TPSA) is 49.3 Å². The number of hydrogen-bond donors (Lipinski definition) is 2. The number of anilines is 1. The van der Waals surface area contributed by atoms with Crippen LogP contribution in [0, 0.1) is 11.8 Å². The zero-order valence-corrected chi connectivity index (χ0v) is 12.5. The maximum absolute atomic E-state index is 12.1. The van der Waals surface area contributed by atoms with Crippen LogP contribution >= 0.6 is 23.1 Å². The van der Waals surface area contributed by atoms with Crippen molar-refractivity contribution in [3.63, 3.8) is 0 Å². The van der Waals surface area contributed by atoms with Gasteiger partial charge in [-0.3, -0.25) is 4.79 Å². The number of aliphatic hydroxyl groups is 1. The standard InChI is InChI=1S/C15H13NO2S2/c1-19-13-5-2-4-11(10-13)16-15(18)14-8-7-12(20-14)6-3-9-17/h2,4-5,7-8,10,17H,9H2,1H3,(H,16,18). The van der Waals surface area contributed by atoms with Gasteiger partial charge in [0.2, 0.25) is 0 Å². The van der Waals surface area contributed by atoms with Gasteiger partial charge in [-0.15, -0.1) is 23.1 Å². The van der Waals surface area contributed by atoms with Gasteiger partial charge in [-0.1, -0.05) is 17.9 Å². The van der Waals surface area contributed by atoms with E-state index < -0.39 is 0 Å². The lowest BCUT2D eigenvalue weighted by molar-refractivity contribution is 0.103. The second-order valence-electron chi connectivity index (χ2n) is 3.81. The van der Waals surface area contributed by atoms with Crippen molar-refractivity contribution < 1.29 is 9.90 Å². The molecular formula is C15H13NO2S2. The lowest BCUT2D eigenvalue weighted by Crippen LogP contribution is -2.09. The van der Waals surface area contributed by atoms with Crippen molar-refractivity contribution in [1.82, 2.24) is 0 Å². The molecule has 20 heavy (non-hydrogen) atoms. The molecule has 0 saturated carbocycles. The van der Waals surface area contributed by atoms with Crippen LogP contribution in [0.15, 0.2) is 41.3 Å². The fourth-order valence-corrected chi connectivity index (χ4v) is 2.78. The summed E-state index contributed by atoms with van der Waals surface area (Å²) < 4.78 is 0. The first-order valence-corrected chi connectivity index (χ1v) is 7.92. The van der Waals surface area contributed by atoms with Crippen LogP contribution in [0.2, 0.25) is 0 Å². The molecule has 2 aromatic rings. The summed E-state index contributed by atoms with van der Waals surface area (Å²) in [5.41, 5.74) is 0.776. The Kier molecular flexibility index (Phi) is 5.24. The Bertz CT molecular complexity index is 668. The van der Waals surface area contributed by atoms with Gasteiger partial charge in [-0.05, 0) is 36.6 Å². The van der Waals surface area contributed by atoms with Gasteiger partial charge in [0, 0.05) is 10.6 Å². The summed E-state index contributed by atoms with van der Waals surface area (Å²) in [5.74, 6) is 5.20. The van der Waals surface area contributed by atoms with Crippen LogP contribution in [-0.2, 0) is 0 Å². The second-order valence-corrected chi connectivity index (χ2v) is 5.77. The smallest absolute Gasteiger partial charge is 0.265 e. The number of nitrogens with one attached hydrogen (secondary N) is 1. The average Bonchev–Trinajstić information content (AvgIpc) is 2.94. The van der Waals surface area contributed by atoms with E-state index in [1.807, 2.05) is 30.5 Å². The third-order valence-electron chi connectivity index (χ3n) is 2.45. The van der Waals surface area contributed by atoms with E-state index in [9.17, 15) is 4.79 Å². The summed E-state index contributed by atoms with van der Waals surface area (Å²) in [5, 5.41) is 11.5. The molecule has 0 radical (unpaired) electrons. The highest BCUT2D eigenvalue weighted by atomic mass is 32.2. The number of carbonyl (C=O) groups is 1. The minimum atomic E-state index is -0.180. The zero-order valence-electron chi connectivity index (χ0n) is 10.8. The van der Waals surface area contributed by atoms with E-state index in [2.05, 4.69) is 17.2 Å². The highest BCUT2D eigenvalue weighted by molar-refractivity contribution is 7.98. The molecular weight excluding hydrogens is 290 g/mol. The van der Waals surface area contributed by atoms with E-state index in [0.29, 0.717) is 4.88 Å². The Labute approximate surface area is 126 Å². The number of hydrogen-bond acceptors (Lipinski definition) is 4. The molecule has 1 aromatic carbocycles. The summed E-state index contributed by atoms with van der Waals surface area (Å²) in [6.07, 6.45) is 1.99. The van der Waals surface area contributed by atoms with E-state index in [1.165, 1.54) is 11.3 Å². The van der Waals surface area contributed by atoms with Crippen molar-refractivity contribution in [3.8, 4) is 11.8 Å². The first-order chi connectivity index (χ1) is 9.72. The van der Waals surface area contributed by atoms with E-state index in [4.69, 9.17) is 5.11 Å². The van der Waals surface area contributed by atoms with Gasteiger partial charge >= 0.3 is 0 Å². The van der Waals surface area contributed by atoms with Crippen molar-refractivity contribution in [3.05, 3.63) is 46.2 Å². The van der Waals surface area contributed by atoms with Crippen LogP contribution in [0.5, 0.6) is 0 Å². The minimum Gasteiger partial charge on any atom is -0.384 e. The molecule has 0 bridgehead atoms. The molecule has 2 N–H and O–H groups in total. The quantitative estimate of drug-likeness (QED) is 0.677. The number of carbonyl (C=O) groups excluding carboxylic acids is 1. The molecule has 0 unspecified atom stereocenters. The highest BCUT2D eigenvalue weighted by Crippen LogP contribution is 2.21. The molecule has 0 aliphatic carbocycles. The Morgan fingerprint density at radius 2 is 2.25 bits per heavy atom. The van der Waals surface area contributed by atoms with Gasteiger partial charge in [0.15, 0.2) is 0 Å². The maximum atomic E-state index is 12.1. The number of amides is 1. The summed E-state index contributed by atoms with van der Waals surface area (Å²) in [6, 6.07) is 11.2. The normalized spacial score (nSPS) is 9.70. The molecule has 0 aliphatic heterocycles. The summed E-state index contributed by atoms with van der Waals surface area (Å²) >= 11 is 2.94. The van der Waals surface area contributed by atoms with Crippen molar-refractivity contribution in [2.24, 2.45) is 0 Å².